The number of halogens is 3. The third-order valence-corrected chi connectivity index (χ3v) is 2.71. The lowest BCUT2D eigenvalue weighted by atomic mass is 10.2. The Morgan fingerprint density at radius 3 is 2.68 bits per heavy atom. The number of primary amides is 1. The number of unbranched alkanes of at least 4 members (excludes halogenated alkanes) is 1. The normalized spacial score (nSPS) is 28.3. The minimum Gasteiger partial charge on any atom is -0.402 e. The molecule has 0 aromatic heterocycles. The Morgan fingerprint density at radius 2 is 2.26 bits per heavy atom. The molecule has 2 N–H and O–H groups in total. The first kappa shape index (κ1) is 15.7. The van der Waals surface area contributed by atoms with Crippen LogP contribution >= 0.6 is 0 Å². The minimum absolute atomic E-state index is 0.103. The Balaban J connectivity index is 3.11. The van der Waals surface area contributed by atoms with E-state index in [9.17, 15) is 22.8 Å². The average Bonchev–Trinajstić information content (AvgIpc) is 2.64. The van der Waals surface area contributed by atoms with Crippen LogP contribution in [0.2, 0.25) is 0 Å². The van der Waals surface area contributed by atoms with Crippen molar-refractivity contribution in [3.63, 3.8) is 0 Å². The van der Waals surface area contributed by atoms with Crippen molar-refractivity contribution < 1.29 is 32.2 Å². The third kappa shape index (κ3) is 3.35. The van der Waals surface area contributed by atoms with E-state index < -0.39 is 31.0 Å². The number of alkyl halides is 3. The molecule has 0 bridgehead atoms. The maximum atomic E-state index is 13.0. The van der Waals surface area contributed by atoms with Gasteiger partial charge in [0.15, 0.2) is 0 Å². The van der Waals surface area contributed by atoms with Crippen LogP contribution in [0.25, 0.3) is 0 Å². The second kappa shape index (κ2) is 5.74. The van der Waals surface area contributed by atoms with Gasteiger partial charge in [0, 0.05) is 6.42 Å². The Labute approximate surface area is 107 Å². The average molecular weight is 284 g/mol. The van der Waals surface area contributed by atoms with Gasteiger partial charge < -0.3 is 20.0 Å². The maximum Gasteiger partial charge on any atom is 0.465 e. The number of carbonyl (C=O) groups is 2. The number of hydrogen-bond donors (Lipinski definition) is 1. The highest BCUT2D eigenvalue weighted by Crippen LogP contribution is 2.41. The maximum absolute atomic E-state index is 13.0. The zero-order valence-electron chi connectivity index (χ0n) is 10.3. The molecule has 1 fully saturated rings. The molecule has 19 heavy (non-hydrogen) atoms. The molecule has 0 saturated carbocycles. The molecule has 2 atom stereocenters. The molecule has 9 heteroatoms. The van der Waals surface area contributed by atoms with Gasteiger partial charge in [-0.2, -0.15) is 13.2 Å². The molecule has 1 amide bonds. The number of nitrogens with zero attached hydrogens (tertiary/aromatic N) is 1. The van der Waals surface area contributed by atoms with Crippen LogP contribution in [0.3, 0.4) is 0 Å². The van der Waals surface area contributed by atoms with Crippen molar-refractivity contribution in [2.24, 2.45) is 5.73 Å². The molecule has 1 saturated heterocycles. The first-order valence-corrected chi connectivity index (χ1v) is 5.70. The van der Waals surface area contributed by atoms with Crippen LogP contribution in [-0.4, -0.2) is 42.1 Å². The lowest BCUT2D eigenvalue weighted by Crippen LogP contribution is -2.58. The van der Waals surface area contributed by atoms with Gasteiger partial charge in [-0.05, 0) is 6.42 Å². The monoisotopic (exact) mass is 284 g/mol. The lowest BCUT2D eigenvalue weighted by Gasteiger charge is -2.37. The fraction of sp³-hybridized carbons (Fsp3) is 0.800. The van der Waals surface area contributed by atoms with E-state index in [1.807, 2.05) is 0 Å². The van der Waals surface area contributed by atoms with Crippen LogP contribution < -0.4 is 5.73 Å². The van der Waals surface area contributed by atoms with Gasteiger partial charge in [-0.3, -0.25) is 0 Å². The Bertz CT molecular complexity index is 350. The summed E-state index contributed by atoms with van der Waals surface area (Å²) >= 11 is 0. The molecular formula is C10H15F3N2O4. The number of hydrogen-bond acceptors (Lipinski definition) is 5. The highest BCUT2D eigenvalue weighted by Gasteiger charge is 2.61. The molecule has 0 aromatic rings. The molecule has 1 aliphatic rings. The van der Waals surface area contributed by atoms with Crippen molar-refractivity contribution in [2.75, 3.05) is 6.61 Å². The summed E-state index contributed by atoms with van der Waals surface area (Å²) in [6, 6.07) is -1.56. The molecule has 0 aliphatic carbocycles. The van der Waals surface area contributed by atoms with Crippen LogP contribution in [0.15, 0.2) is 0 Å². The predicted octanol–water partition coefficient (Wildman–Crippen LogP) is 1.35. The van der Waals surface area contributed by atoms with E-state index >= 15 is 0 Å². The van der Waals surface area contributed by atoms with Crippen molar-refractivity contribution >= 4 is 12.4 Å². The van der Waals surface area contributed by atoms with Gasteiger partial charge in [-0.1, -0.05) is 13.3 Å². The SMILES string of the molecule is CCCCC1(OC(N)=O)OCC(C=O)N1C(F)(F)F. The topological polar surface area (TPSA) is 81.9 Å². The number of amides is 1. The van der Waals surface area contributed by atoms with Crippen LogP contribution in [0.1, 0.15) is 26.2 Å². The number of carbonyl (C=O) groups excluding carboxylic acids is 2. The molecule has 110 valence electrons. The smallest absolute Gasteiger partial charge is 0.402 e. The highest BCUT2D eigenvalue weighted by molar-refractivity contribution is 5.65. The van der Waals surface area contributed by atoms with Crippen LogP contribution in [0.5, 0.6) is 0 Å². The molecule has 2 unspecified atom stereocenters. The van der Waals surface area contributed by atoms with Crippen molar-refractivity contribution in [1.82, 2.24) is 4.90 Å². The molecule has 0 spiro atoms. The highest BCUT2D eigenvalue weighted by atomic mass is 19.4. The zero-order chi connectivity index (χ0) is 14.7. The molecular weight excluding hydrogens is 269 g/mol. The Morgan fingerprint density at radius 1 is 1.63 bits per heavy atom. The van der Waals surface area contributed by atoms with Gasteiger partial charge in [-0.15, -0.1) is 4.90 Å². The molecule has 0 aromatic carbocycles. The van der Waals surface area contributed by atoms with E-state index in [1.54, 1.807) is 6.92 Å². The van der Waals surface area contributed by atoms with E-state index in [4.69, 9.17) is 10.5 Å². The fourth-order valence-corrected chi connectivity index (χ4v) is 1.97. The molecule has 1 aliphatic heterocycles. The van der Waals surface area contributed by atoms with E-state index in [2.05, 4.69) is 4.74 Å². The quantitative estimate of drug-likeness (QED) is 0.608. The molecule has 1 rings (SSSR count). The van der Waals surface area contributed by atoms with Gasteiger partial charge in [0.2, 0.25) is 0 Å². The molecule has 6 nitrogen and oxygen atoms in total. The Hall–Kier alpha value is -1.35. The van der Waals surface area contributed by atoms with E-state index in [1.165, 1.54) is 0 Å². The largest absolute Gasteiger partial charge is 0.465 e. The second-order valence-electron chi connectivity index (χ2n) is 4.09. The van der Waals surface area contributed by atoms with Crippen molar-refractivity contribution in [1.29, 1.82) is 0 Å². The first-order valence-electron chi connectivity index (χ1n) is 5.70. The van der Waals surface area contributed by atoms with E-state index in [0.717, 1.165) is 0 Å². The number of ether oxygens (including phenoxy) is 2. The number of nitrogens with two attached hydrogens (primary N) is 1. The summed E-state index contributed by atoms with van der Waals surface area (Å²) in [5.41, 5.74) is 4.80. The summed E-state index contributed by atoms with van der Waals surface area (Å²) in [6.45, 7) is 1.24. The van der Waals surface area contributed by atoms with Crippen molar-refractivity contribution in [3.8, 4) is 0 Å². The molecule has 1 heterocycles. The summed E-state index contributed by atoms with van der Waals surface area (Å²) < 4.78 is 48.6. The van der Waals surface area contributed by atoms with E-state index in [-0.39, 0.29) is 17.6 Å². The first-order chi connectivity index (χ1) is 8.77. The Kier molecular flexibility index (Phi) is 4.75. The summed E-state index contributed by atoms with van der Waals surface area (Å²) in [4.78, 5) is 21.3. The van der Waals surface area contributed by atoms with Crippen molar-refractivity contribution in [3.05, 3.63) is 0 Å². The van der Waals surface area contributed by atoms with Gasteiger partial charge in [0.25, 0.3) is 5.91 Å². The van der Waals surface area contributed by atoms with Gasteiger partial charge in [0.1, 0.15) is 12.3 Å². The second-order valence-corrected chi connectivity index (χ2v) is 4.09. The standard InChI is InChI=1S/C10H15F3N2O4/c1-2-3-4-9(19-8(14)17)15(10(11,12)13)7(5-16)6-18-9/h5,7H,2-4,6H2,1H3,(H2,14,17). The zero-order valence-corrected chi connectivity index (χ0v) is 10.3. The van der Waals surface area contributed by atoms with Crippen LogP contribution in [-0.2, 0) is 14.3 Å². The van der Waals surface area contributed by atoms with Gasteiger partial charge in [-0.25, -0.2) is 4.79 Å². The lowest BCUT2D eigenvalue weighted by molar-refractivity contribution is -0.358. The summed E-state index contributed by atoms with van der Waals surface area (Å²) in [5, 5.41) is 0. The fourth-order valence-electron chi connectivity index (χ4n) is 1.97. The van der Waals surface area contributed by atoms with Crippen LogP contribution in [0, 0.1) is 0 Å². The van der Waals surface area contributed by atoms with Gasteiger partial charge in [0.05, 0.1) is 6.61 Å². The van der Waals surface area contributed by atoms with E-state index in [0.29, 0.717) is 12.8 Å². The number of aldehydes is 1. The summed E-state index contributed by atoms with van der Waals surface area (Å²) in [7, 11) is 0. The predicted molar refractivity (Wildman–Crippen MR) is 56.6 cm³/mol. The molecule has 0 radical (unpaired) electrons. The number of rotatable bonds is 5. The summed E-state index contributed by atoms with van der Waals surface area (Å²) in [6.07, 6.45) is -5.53. The summed E-state index contributed by atoms with van der Waals surface area (Å²) in [5.74, 6) is -2.36. The van der Waals surface area contributed by atoms with Crippen LogP contribution in [0.4, 0.5) is 18.0 Å². The van der Waals surface area contributed by atoms with Gasteiger partial charge >= 0.3 is 12.4 Å². The minimum atomic E-state index is -4.88. The van der Waals surface area contributed by atoms with Crippen molar-refractivity contribution in [2.45, 2.75) is 44.4 Å². The third-order valence-electron chi connectivity index (χ3n) is 2.71.